The van der Waals surface area contributed by atoms with E-state index in [1.54, 1.807) is 20.8 Å². The molecule has 1 N–H and O–H groups in total. The predicted molar refractivity (Wildman–Crippen MR) is 79.4 cm³/mol. The van der Waals surface area contributed by atoms with Gasteiger partial charge in [0.15, 0.2) is 0 Å². The molecule has 0 spiro atoms. The highest BCUT2D eigenvalue weighted by molar-refractivity contribution is 5.97. The van der Waals surface area contributed by atoms with Gasteiger partial charge in [0.1, 0.15) is 18.2 Å². The number of hydrogen-bond donors (Lipinski definition) is 1. The van der Waals surface area contributed by atoms with Gasteiger partial charge in [0.25, 0.3) is 0 Å². The summed E-state index contributed by atoms with van der Waals surface area (Å²) in [7, 11) is 0. The molecular formula is C15H22N2O6. The quantitative estimate of drug-likeness (QED) is 0.743. The summed E-state index contributed by atoms with van der Waals surface area (Å²) in [6.45, 7) is 5.13. The molecule has 0 unspecified atom stereocenters. The molecule has 0 aromatic rings. The second-order valence-electron chi connectivity index (χ2n) is 6.33. The van der Waals surface area contributed by atoms with Gasteiger partial charge in [-0.1, -0.05) is 0 Å². The van der Waals surface area contributed by atoms with E-state index >= 15 is 0 Å². The fourth-order valence-corrected chi connectivity index (χ4v) is 2.12. The molecule has 0 aromatic carbocycles. The van der Waals surface area contributed by atoms with Gasteiger partial charge in [-0.25, -0.2) is 9.69 Å². The highest BCUT2D eigenvalue weighted by Gasteiger charge is 2.38. The lowest BCUT2D eigenvalue weighted by atomic mass is 10.2. The Labute approximate surface area is 134 Å². The van der Waals surface area contributed by atoms with Crippen molar-refractivity contribution in [2.24, 2.45) is 0 Å². The monoisotopic (exact) mass is 326 g/mol. The van der Waals surface area contributed by atoms with Crippen LogP contribution in [0.2, 0.25) is 0 Å². The van der Waals surface area contributed by atoms with Crippen LogP contribution in [0.1, 0.15) is 46.5 Å². The number of ether oxygens (including phenoxy) is 1. The zero-order chi connectivity index (χ0) is 17.6. The molecule has 2 fully saturated rings. The lowest BCUT2D eigenvalue weighted by Crippen LogP contribution is -2.42. The summed E-state index contributed by atoms with van der Waals surface area (Å²) in [5.41, 5.74) is -0.659. The van der Waals surface area contributed by atoms with E-state index in [1.165, 1.54) is 0 Å². The summed E-state index contributed by atoms with van der Waals surface area (Å²) in [6.07, 6.45) is 2.43. The Morgan fingerprint density at radius 1 is 1.17 bits per heavy atom. The lowest BCUT2D eigenvalue weighted by Gasteiger charge is -2.25. The van der Waals surface area contributed by atoms with E-state index in [2.05, 4.69) is 5.32 Å². The molecule has 3 amide bonds. The number of carbonyl (C=O) groups is 5. The van der Waals surface area contributed by atoms with Gasteiger partial charge in [-0.2, -0.15) is 0 Å². The van der Waals surface area contributed by atoms with Crippen molar-refractivity contribution in [2.45, 2.75) is 64.1 Å². The van der Waals surface area contributed by atoms with Gasteiger partial charge in [0.2, 0.25) is 11.8 Å². The number of hydrogen-bond acceptors (Lipinski definition) is 6. The van der Waals surface area contributed by atoms with E-state index in [1.807, 2.05) is 0 Å². The SMILES string of the molecule is CC(C)(C)OC(=O)N1C(=O)CC[C@H]1C=O.O=C[C@@H]1CCC(=O)N1. The second-order valence-corrected chi connectivity index (χ2v) is 6.33. The number of aldehydes is 2. The molecule has 0 bridgehead atoms. The van der Waals surface area contributed by atoms with Crippen LogP contribution in [-0.4, -0.2) is 53.1 Å². The Kier molecular flexibility index (Phi) is 6.41. The van der Waals surface area contributed by atoms with Crippen molar-refractivity contribution in [3.63, 3.8) is 0 Å². The lowest BCUT2D eigenvalue weighted by molar-refractivity contribution is -0.130. The molecule has 0 aliphatic carbocycles. The van der Waals surface area contributed by atoms with Crippen LogP contribution in [0.3, 0.4) is 0 Å². The van der Waals surface area contributed by atoms with Gasteiger partial charge in [-0.15, -0.1) is 0 Å². The minimum absolute atomic E-state index is 0.0119. The Balaban J connectivity index is 0.000000277. The first-order chi connectivity index (χ1) is 10.7. The van der Waals surface area contributed by atoms with Gasteiger partial charge < -0.3 is 19.6 Å². The minimum atomic E-state index is -0.734. The smallest absolute Gasteiger partial charge is 0.417 e. The van der Waals surface area contributed by atoms with E-state index in [-0.39, 0.29) is 24.3 Å². The molecular weight excluding hydrogens is 304 g/mol. The van der Waals surface area contributed by atoms with E-state index in [4.69, 9.17) is 4.74 Å². The number of rotatable bonds is 2. The molecule has 8 nitrogen and oxygen atoms in total. The summed E-state index contributed by atoms with van der Waals surface area (Å²) >= 11 is 0. The number of imide groups is 1. The fraction of sp³-hybridized carbons (Fsp3) is 0.667. The largest absolute Gasteiger partial charge is 0.443 e. The molecule has 2 atom stereocenters. The van der Waals surface area contributed by atoms with Gasteiger partial charge in [0, 0.05) is 12.8 Å². The Bertz CT molecular complexity index is 497. The number of likely N-dealkylation sites (tertiary alicyclic amines) is 1. The van der Waals surface area contributed by atoms with E-state index in [9.17, 15) is 24.0 Å². The summed E-state index contributed by atoms with van der Waals surface area (Å²) in [5, 5.41) is 2.50. The maximum atomic E-state index is 11.6. The van der Waals surface area contributed by atoms with Crippen molar-refractivity contribution < 1.29 is 28.7 Å². The van der Waals surface area contributed by atoms with Gasteiger partial charge in [-0.3, -0.25) is 9.59 Å². The second kappa shape index (κ2) is 7.85. The van der Waals surface area contributed by atoms with Crippen LogP contribution in [0.5, 0.6) is 0 Å². The number of amides is 3. The normalized spacial score (nSPS) is 23.7. The maximum Gasteiger partial charge on any atom is 0.417 e. The summed E-state index contributed by atoms with van der Waals surface area (Å²) < 4.78 is 5.03. The van der Waals surface area contributed by atoms with E-state index < -0.39 is 17.7 Å². The first-order valence-corrected chi connectivity index (χ1v) is 7.43. The van der Waals surface area contributed by atoms with Crippen molar-refractivity contribution in [3.8, 4) is 0 Å². The molecule has 0 saturated carbocycles. The summed E-state index contributed by atoms with van der Waals surface area (Å²) in [6, 6.07) is -0.866. The van der Waals surface area contributed by atoms with Gasteiger partial charge in [-0.05, 0) is 33.6 Å². The molecule has 0 aromatic heterocycles. The van der Waals surface area contributed by atoms with Crippen molar-refractivity contribution in [1.29, 1.82) is 0 Å². The van der Waals surface area contributed by atoms with Crippen molar-refractivity contribution in [3.05, 3.63) is 0 Å². The Hall–Kier alpha value is -2.25. The highest BCUT2D eigenvalue weighted by atomic mass is 16.6. The standard InChI is InChI=1S/C10H15NO4.C5H7NO2/c1-10(2,3)15-9(14)11-7(6-12)4-5-8(11)13;7-3-4-1-2-5(8)6-4/h6-7H,4-5H2,1-3H3;3-4H,1-2H2,(H,6,8)/t7-;4-/m00/s1. The average Bonchev–Trinajstić information content (AvgIpc) is 3.03. The third-order valence-electron chi connectivity index (χ3n) is 3.19. The minimum Gasteiger partial charge on any atom is -0.443 e. The first-order valence-electron chi connectivity index (χ1n) is 7.43. The van der Waals surface area contributed by atoms with Crippen molar-refractivity contribution >= 4 is 30.5 Å². The fourth-order valence-electron chi connectivity index (χ4n) is 2.12. The van der Waals surface area contributed by atoms with Crippen LogP contribution >= 0.6 is 0 Å². The highest BCUT2D eigenvalue weighted by Crippen LogP contribution is 2.20. The molecule has 2 heterocycles. The Morgan fingerprint density at radius 3 is 2.22 bits per heavy atom. The van der Waals surface area contributed by atoms with Crippen LogP contribution in [0.15, 0.2) is 0 Å². The van der Waals surface area contributed by atoms with Crippen LogP contribution in [0.25, 0.3) is 0 Å². The van der Waals surface area contributed by atoms with Crippen molar-refractivity contribution in [2.75, 3.05) is 0 Å². The zero-order valence-corrected chi connectivity index (χ0v) is 13.5. The molecule has 2 aliphatic rings. The number of nitrogens with zero attached hydrogens (tertiary/aromatic N) is 1. The van der Waals surface area contributed by atoms with Crippen LogP contribution in [-0.2, 0) is 23.9 Å². The molecule has 2 rings (SSSR count). The van der Waals surface area contributed by atoms with Crippen LogP contribution in [0, 0.1) is 0 Å². The van der Waals surface area contributed by atoms with E-state index in [0.717, 1.165) is 11.2 Å². The molecule has 0 radical (unpaired) electrons. The third kappa shape index (κ3) is 5.80. The topological polar surface area (TPSA) is 110 Å². The average molecular weight is 326 g/mol. The zero-order valence-electron chi connectivity index (χ0n) is 13.5. The van der Waals surface area contributed by atoms with Crippen LogP contribution in [0.4, 0.5) is 4.79 Å². The molecule has 128 valence electrons. The third-order valence-corrected chi connectivity index (χ3v) is 3.19. The molecule has 2 aliphatic heterocycles. The first kappa shape index (κ1) is 18.8. The van der Waals surface area contributed by atoms with Gasteiger partial charge >= 0.3 is 6.09 Å². The summed E-state index contributed by atoms with van der Waals surface area (Å²) in [5.74, 6) is -0.358. The maximum absolute atomic E-state index is 11.6. The number of nitrogens with one attached hydrogen (secondary N) is 1. The predicted octanol–water partition coefficient (Wildman–Crippen LogP) is 0.575. The van der Waals surface area contributed by atoms with Crippen LogP contribution < -0.4 is 5.32 Å². The molecule has 23 heavy (non-hydrogen) atoms. The van der Waals surface area contributed by atoms with E-state index in [0.29, 0.717) is 25.5 Å². The number of carbonyl (C=O) groups excluding carboxylic acids is 5. The van der Waals surface area contributed by atoms with Crippen molar-refractivity contribution in [1.82, 2.24) is 10.2 Å². The molecule has 2 saturated heterocycles. The summed E-state index contributed by atoms with van der Waals surface area (Å²) in [4.78, 5) is 54.7. The Morgan fingerprint density at radius 2 is 1.83 bits per heavy atom. The van der Waals surface area contributed by atoms with Gasteiger partial charge in [0.05, 0.1) is 12.1 Å². The molecule has 8 heteroatoms.